The number of carbonyl (C=O) groups is 2. The first-order chi connectivity index (χ1) is 10.8. The van der Waals surface area contributed by atoms with Crippen LogP contribution in [0.4, 0.5) is 4.79 Å². The lowest BCUT2D eigenvalue weighted by Crippen LogP contribution is -2.33. The van der Waals surface area contributed by atoms with Crippen molar-refractivity contribution in [3.05, 3.63) is 30.1 Å². The van der Waals surface area contributed by atoms with Crippen molar-refractivity contribution in [1.29, 1.82) is 0 Å². The van der Waals surface area contributed by atoms with E-state index in [1.807, 2.05) is 24.3 Å². The normalized spacial score (nSPS) is 11.4. The van der Waals surface area contributed by atoms with Gasteiger partial charge in [-0.15, -0.1) is 0 Å². The number of aromatic nitrogens is 2. The van der Waals surface area contributed by atoms with E-state index in [4.69, 9.17) is 9.84 Å². The molecule has 23 heavy (non-hydrogen) atoms. The summed E-state index contributed by atoms with van der Waals surface area (Å²) in [6.07, 6.45) is -0.0836. The maximum atomic E-state index is 11.6. The summed E-state index contributed by atoms with van der Waals surface area (Å²) in [5, 5.41) is 11.7. The number of fused-ring (bicyclic) bond motifs is 1. The summed E-state index contributed by atoms with van der Waals surface area (Å²) >= 11 is 0. The van der Waals surface area contributed by atoms with Crippen LogP contribution in [-0.2, 0) is 22.5 Å². The predicted octanol–water partition coefficient (Wildman–Crippen LogP) is 2.19. The molecule has 0 fully saturated rings. The van der Waals surface area contributed by atoms with Crippen LogP contribution in [0.2, 0.25) is 0 Å². The molecule has 1 aromatic heterocycles. The van der Waals surface area contributed by atoms with Crippen molar-refractivity contribution in [2.24, 2.45) is 0 Å². The minimum absolute atomic E-state index is 0.164. The van der Waals surface area contributed by atoms with Crippen molar-refractivity contribution in [3.63, 3.8) is 0 Å². The van der Waals surface area contributed by atoms with Gasteiger partial charge in [-0.05, 0) is 32.9 Å². The number of aliphatic carboxylic acids is 1. The van der Waals surface area contributed by atoms with Crippen LogP contribution >= 0.6 is 0 Å². The highest BCUT2D eigenvalue weighted by atomic mass is 16.6. The molecule has 0 aliphatic rings. The molecule has 0 aliphatic heterocycles. The second-order valence-corrected chi connectivity index (χ2v) is 6.18. The number of hydrogen-bond acceptors (Lipinski definition) is 4. The van der Waals surface area contributed by atoms with E-state index in [0.717, 1.165) is 11.0 Å². The van der Waals surface area contributed by atoms with Gasteiger partial charge in [0.15, 0.2) is 0 Å². The molecule has 7 heteroatoms. The lowest BCUT2D eigenvalue weighted by molar-refractivity contribution is -0.137. The summed E-state index contributed by atoms with van der Waals surface area (Å²) in [6, 6.07) is 7.35. The van der Waals surface area contributed by atoms with Crippen molar-refractivity contribution >= 4 is 23.1 Å². The van der Waals surface area contributed by atoms with Crippen LogP contribution in [0.25, 0.3) is 11.0 Å². The highest BCUT2D eigenvalue weighted by Gasteiger charge is 2.17. The van der Waals surface area contributed by atoms with Gasteiger partial charge in [-0.1, -0.05) is 12.1 Å². The minimum Gasteiger partial charge on any atom is -0.480 e. The zero-order valence-electron chi connectivity index (χ0n) is 13.5. The molecule has 0 atom stereocenters. The molecule has 0 bridgehead atoms. The summed E-state index contributed by atoms with van der Waals surface area (Å²) in [4.78, 5) is 27.1. The highest BCUT2D eigenvalue weighted by Crippen LogP contribution is 2.16. The molecule has 2 aromatic rings. The van der Waals surface area contributed by atoms with Crippen LogP contribution in [0.15, 0.2) is 24.3 Å². The number of carboxylic acid groups (broad SMARTS) is 1. The largest absolute Gasteiger partial charge is 0.480 e. The molecule has 1 heterocycles. The Labute approximate surface area is 134 Å². The second kappa shape index (κ2) is 6.68. The zero-order chi connectivity index (χ0) is 17.0. The Morgan fingerprint density at radius 2 is 2.00 bits per heavy atom. The van der Waals surface area contributed by atoms with Gasteiger partial charge in [0.2, 0.25) is 0 Å². The fourth-order valence-corrected chi connectivity index (χ4v) is 2.22. The van der Waals surface area contributed by atoms with Gasteiger partial charge in [0.25, 0.3) is 0 Å². The molecule has 0 saturated carbocycles. The number of amides is 1. The number of hydrogen-bond donors (Lipinski definition) is 2. The molecule has 0 radical (unpaired) electrons. The summed E-state index contributed by atoms with van der Waals surface area (Å²) in [7, 11) is 0. The Kier molecular flexibility index (Phi) is 4.88. The Morgan fingerprint density at radius 1 is 1.30 bits per heavy atom. The third-order valence-electron chi connectivity index (χ3n) is 3.04. The Hall–Kier alpha value is -2.57. The summed E-state index contributed by atoms with van der Waals surface area (Å²) < 4.78 is 6.81. The van der Waals surface area contributed by atoms with E-state index in [0.29, 0.717) is 18.8 Å². The fourth-order valence-electron chi connectivity index (χ4n) is 2.22. The second-order valence-electron chi connectivity index (χ2n) is 6.18. The number of nitrogens with zero attached hydrogens (tertiary/aromatic N) is 2. The molecule has 124 valence electrons. The monoisotopic (exact) mass is 319 g/mol. The topological polar surface area (TPSA) is 93.5 Å². The number of rotatable bonds is 5. The average molecular weight is 319 g/mol. The lowest BCUT2D eigenvalue weighted by atomic mass is 10.2. The number of para-hydroxylation sites is 2. The first-order valence-electron chi connectivity index (χ1n) is 7.39. The van der Waals surface area contributed by atoms with Gasteiger partial charge in [-0.3, -0.25) is 4.79 Å². The first-order valence-corrected chi connectivity index (χ1v) is 7.39. The molecular formula is C16H21N3O4. The Bertz CT molecular complexity index is 716. The van der Waals surface area contributed by atoms with Crippen LogP contribution in [0.5, 0.6) is 0 Å². The number of carboxylic acids is 1. The van der Waals surface area contributed by atoms with E-state index in [1.165, 1.54) is 0 Å². The number of ether oxygens (including phenoxy) is 1. The van der Waals surface area contributed by atoms with Crippen LogP contribution in [0.3, 0.4) is 0 Å². The summed E-state index contributed by atoms with van der Waals surface area (Å²) in [5.74, 6) is -0.320. The molecule has 0 spiro atoms. The van der Waals surface area contributed by atoms with E-state index < -0.39 is 17.7 Å². The minimum atomic E-state index is -0.936. The van der Waals surface area contributed by atoms with Gasteiger partial charge in [0.05, 0.1) is 11.0 Å². The maximum Gasteiger partial charge on any atom is 0.407 e. The van der Waals surface area contributed by atoms with Crippen LogP contribution in [0, 0.1) is 0 Å². The highest BCUT2D eigenvalue weighted by molar-refractivity contribution is 5.78. The SMILES string of the molecule is CC(C)(C)OC(=O)NCCc1nc2ccccc2n1CC(=O)O. The van der Waals surface area contributed by atoms with Crippen LogP contribution < -0.4 is 5.32 Å². The van der Waals surface area contributed by atoms with Crippen molar-refractivity contribution in [2.75, 3.05) is 6.54 Å². The Balaban J connectivity index is 2.07. The third-order valence-corrected chi connectivity index (χ3v) is 3.04. The van der Waals surface area contributed by atoms with E-state index in [9.17, 15) is 9.59 Å². The number of alkyl carbamates (subject to hydrolysis) is 1. The fraction of sp³-hybridized carbons (Fsp3) is 0.438. The van der Waals surface area contributed by atoms with E-state index >= 15 is 0 Å². The molecular weight excluding hydrogens is 298 g/mol. The molecule has 0 aliphatic carbocycles. The smallest absolute Gasteiger partial charge is 0.407 e. The van der Waals surface area contributed by atoms with E-state index in [2.05, 4.69) is 10.3 Å². The van der Waals surface area contributed by atoms with Gasteiger partial charge in [0, 0.05) is 13.0 Å². The molecule has 1 aromatic carbocycles. The quantitative estimate of drug-likeness (QED) is 0.881. The number of imidazole rings is 1. The van der Waals surface area contributed by atoms with Crippen molar-refractivity contribution < 1.29 is 19.4 Å². The van der Waals surface area contributed by atoms with Gasteiger partial charge in [0.1, 0.15) is 18.0 Å². The summed E-state index contributed by atoms with van der Waals surface area (Å²) in [5.41, 5.74) is 0.948. The van der Waals surface area contributed by atoms with Crippen LogP contribution in [-0.4, -0.2) is 38.9 Å². The standard InChI is InChI=1S/C16H21N3O4/c1-16(2,3)23-15(22)17-9-8-13-18-11-6-4-5-7-12(11)19(13)10-14(20)21/h4-7H,8-10H2,1-3H3,(H,17,22)(H,20,21). The van der Waals surface area contributed by atoms with Gasteiger partial charge < -0.3 is 19.7 Å². The molecule has 7 nitrogen and oxygen atoms in total. The molecule has 0 saturated heterocycles. The maximum absolute atomic E-state index is 11.6. The van der Waals surface area contributed by atoms with Crippen molar-refractivity contribution in [3.8, 4) is 0 Å². The predicted molar refractivity (Wildman–Crippen MR) is 85.3 cm³/mol. The third kappa shape index (κ3) is 4.70. The Morgan fingerprint density at radius 3 is 2.65 bits per heavy atom. The average Bonchev–Trinajstić information content (AvgIpc) is 2.74. The number of nitrogens with one attached hydrogen (secondary N) is 1. The first kappa shape index (κ1) is 16.8. The van der Waals surface area contributed by atoms with Gasteiger partial charge >= 0.3 is 12.1 Å². The van der Waals surface area contributed by atoms with E-state index in [-0.39, 0.29) is 6.54 Å². The molecule has 2 N–H and O–H groups in total. The van der Waals surface area contributed by atoms with Crippen molar-refractivity contribution in [1.82, 2.24) is 14.9 Å². The van der Waals surface area contributed by atoms with Gasteiger partial charge in [-0.25, -0.2) is 9.78 Å². The molecule has 0 unspecified atom stereocenters. The van der Waals surface area contributed by atoms with Gasteiger partial charge in [-0.2, -0.15) is 0 Å². The molecule has 1 amide bonds. The lowest BCUT2D eigenvalue weighted by Gasteiger charge is -2.19. The van der Waals surface area contributed by atoms with E-state index in [1.54, 1.807) is 25.3 Å². The van der Waals surface area contributed by atoms with Crippen LogP contribution in [0.1, 0.15) is 26.6 Å². The zero-order valence-corrected chi connectivity index (χ0v) is 13.5. The number of carbonyl (C=O) groups excluding carboxylic acids is 1. The summed E-state index contributed by atoms with van der Waals surface area (Å²) in [6.45, 7) is 5.52. The van der Waals surface area contributed by atoms with Crippen molar-refractivity contribution in [2.45, 2.75) is 39.3 Å². The molecule has 2 rings (SSSR count). The number of benzene rings is 1.